The van der Waals surface area contributed by atoms with Crippen molar-refractivity contribution in [3.05, 3.63) is 0 Å². The Balaban J connectivity index is 4.22. The van der Waals surface area contributed by atoms with Crippen LogP contribution in [-0.2, 0) is 14.3 Å². The normalized spacial score (nSPS) is 12.4. The van der Waals surface area contributed by atoms with Crippen LogP contribution in [-0.4, -0.2) is 50.6 Å². The van der Waals surface area contributed by atoms with Gasteiger partial charge in [0, 0.05) is 14.1 Å². The van der Waals surface area contributed by atoms with Gasteiger partial charge in [-0.3, -0.25) is 14.9 Å². The number of nitrogens with one attached hydrogen (secondary N) is 1. The molecule has 0 saturated heterocycles. The summed E-state index contributed by atoms with van der Waals surface area (Å²) in [6, 6.07) is -0.408. The molecule has 1 N–H and O–H groups in total. The van der Waals surface area contributed by atoms with Gasteiger partial charge in [-0.2, -0.15) is 0 Å². The average molecular weight is 230 g/mol. The average Bonchev–Trinajstić information content (AvgIpc) is 2.21. The minimum absolute atomic E-state index is 0.0577. The molecule has 0 spiro atoms. The fourth-order valence-corrected chi connectivity index (χ4v) is 1.25. The molecule has 16 heavy (non-hydrogen) atoms. The summed E-state index contributed by atoms with van der Waals surface area (Å²) in [5.41, 5.74) is 0. The van der Waals surface area contributed by atoms with Crippen LogP contribution in [0.3, 0.4) is 0 Å². The maximum Gasteiger partial charge on any atom is 0.322 e. The van der Waals surface area contributed by atoms with Crippen LogP contribution >= 0.6 is 0 Å². The fraction of sp³-hybridized carbons (Fsp3) is 0.818. The Kier molecular flexibility index (Phi) is 6.72. The van der Waals surface area contributed by atoms with Crippen molar-refractivity contribution < 1.29 is 14.3 Å². The summed E-state index contributed by atoms with van der Waals surface area (Å²) in [4.78, 5) is 24.3. The van der Waals surface area contributed by atoms with Crippen LogP contribution in [0.5, 0.6) is 0 Å². The van der Waals surface area contributed by atoms with Crippen molar-refractivity contribution in [3.8, 4) is 0 Å². The molecule has 0 aromatic heterocycles. The van der Waals surface area contributed by atoms with E-state index in [2.05, 4.69) is 10.1 Å². The van der Waals surface area contributed by atoms with Gasteiger partial charge < -0.3 is 9.64 Å². The first-order chi connectivity index (χ1) is 7.38. The molecule has 0 saturated carbocycles. The highest BCUT2D eigenvalue weighted by Gasteiger charge is 2.20. The van der Waals surface area contributed by atoms with Crippen LogP contribution < -0.4 is 5.32 Å². The summed E-state index contributed by atoms with van der Waals surface area (Å²) in [6.07, 6.45) is 0.660. The lowest BCUT2D eigenvalue weighted by Gasteiger charge is -2.19. The van der Waals surface area contributed by atoms with Gasteiger partial charge in [0.05, 0.1) is 13.7 Å². The van der Waals surface area contributed by atoms with Gasteiger partial charge in [0.25, 0.3) is 0 Å². The van der Waals surface area contributed by atoms with Gasteiger partial charge in [0.2, 0.25) is 5.91 Å². The number of likely N-dealkylation sites (N-methyl/N-ethyl adjacent to an activating group) is 1. The summed E-state index contributed by atoms with van der Waals surface area (Å²) in [5.74, 6) is -0.0102. The van der Waals surface area contributed by atoms with E-state index in [0.717, 1.165) is 0 Å². The van der Waals surface area contributed by atoms with E-state index in [1.807, 2.05) is 13.8 Å². The van der Waals surface area contributed by atoms with Crippen LogP contribution in [0.2, 0.25) is 0 Å². The van der Waals surface area contributed by atoms with Crippen molar-refractivity contribution in [1.29, 1.82) is 0 Å². The molecule has 94 valence electrons. The highest BCUT2D eigenvalue weighted by Crippen LogP contribution is 2.05. The van der Waals surface area contributed by atoms with Crippen LogP contribution in [0.1, 0.15) is 20.3 Å². The van der Waals surface area contributed by atoms with Gasteiger partial charge in [-0.15, -0.1) is 0 Å². The largest absolute Gasteiger partial charge is 0.468 e. The highest BCUT2D eigenvalue weighted by atomic mass is 16.5. The monoisotopic (exact) mass is 230 g/mol. The van der Waals surface area contributed by atoms with E-state index in [1.165, 1.54) is 12.0 Å². The number of hydrogen-bond acceptors (Lipinski definition) is 4. The number of rotatable bonds is 6. The summed E-state index contributed by atoms with van der Waals surface area (Å²) in [6.45, 7) is 4.19. The van der Waals surface area contributed by atoms with Crippen molar-refractivity contribution in [2.45, 2.75) is 26.3 Å². The van der Waals surface area contributed by atoms with Gasteiger partial charge in [-0.05, 0) is 12.3 Å². The van der Waals surface area contributed by atoms with Gasteiger partial charge >= 0.3 is 5.97 Å². The number of nitrogens with zero attached hydrogens (tertiary/aromatic N) is 1. The summed E-state index contributed by atoms with van der Waals surface area (Å²) < 4.78 is 4.68. The van der Waals surface area contributed by atoms with E-state index < -0.39 is 6.04 Å². The van der Waals surface area contributed by atoms with Crippen molar-refractivity contribution >= 4 is 11.9 Å². The second-order valence-corrected chi connectivity index (χ2v) is 4.37. The smallest absolute Gasteiger partial charge is 0.322 e. The summed E-state index contributed by atoms with van der Waals surface area (Å²) >= 11 is 0. The Labute approximate surface area is 97.1 Å². The standard InChI is InChI=1S/C11H22N2O3/c1-8(2)6-9(11(15)16-5)12-7-10(14)13(3)4/h8-9,12H,6-7H2,1-5H3. The zero-order valence-electron chi connectivity index (χ0n) is 10.7. The Morgan fingerprint density at radius 3 is 2.25 bits per heavy atom. The molecule has 1 atom stereocenters. The van der Waals surface area contributed by atoms with Crippen molar-refractivity contribution in [1.82, 2.24) is 10.2 Å². The molecule has 1 amide bonds. The van der Waals surface area contributed by atoms with Crippen molar-refractivity contribution in [3.63, 3.8) is 0 Å². The SMILES string of the molecule is COC(=O)C(CC(C)C)NCC(=O)N(C)C. The molecule has 0 aliphatic heterocycles. The quantitative estimate of drug-likeness (QED) is 0.665. The van der Waals surface area contributed by atoms with E-state index >= 15 is 0 Å². The molecule has 0 aromatic carbocycles. The van der Waals surface area contributed by atoms with Crippen molar-refractivity contribution in [2.24, 2.45) is 5.92 Å². The lowest BCUT2D eigenvalue weighted by Crippen LogP contribution is -2.43. The molecule has 0 heterocycles. The second-order valence-electron chi connectivity index (χ2n) is 4.37. The minimum Gasteiger partial charge on any atom is -0.468 e. The summed E-state index contributed by atoms with van der Waals surface area (Å²) in [7, 11) is 4.71. The topological polar surface area (TPSA) is 58.6 Å². The van der Waals surface area contributed by atoms with E-state index in [-0.39, 0.29) is 18.4 Å². The number of methoxy groups -OCH3 is 1. The minimum atomic E-state index is -0.408. The zero-order chi connectivity index (χ0) is 12.7. The molecule has 0 aromatic rings. The molecule has 0 radical (unpaired) electrons. The van der Waals surface area contributed by atoms with Crippen molar-refractivity contribution in [2.75, 3.05) is 27.7 Å². The Bertz CT molecular complexity index is 239. The Hall–Kier alpha value is -1.10. The number of hydrogen-bond donors (Lipinski definition) is 1. The number of amides is 1. The second kappa shape index (κ2) is 7.22. The Morgan fingerprint density at radius 1 is 1.31 bits per heavy atom. The van der Waals surface area contributed by atoms with Gasteiger partial charge in [0.15, 0.2) is 0 Å². The maximum atomic E-state index is 11.4. The lowest BCUT2D eigenvalue weighted by molar-refractivity contribution is -0.143. The molecule has 0 aliphatic rings. The molecule has 1 unspecified atom stereocenters. The highest BCUT2D eigenvalue weighted by molar-refractivity contribution is 5.80. The molecular formula is C11H22N2O3. The fourth-order valence-electron chi connectivity index (χ4n) is 1.25. The number of carbonyl (C=O) groups excluding carboxylic acids is 2. The molecular weight excluding hydrogens is 208 g/mol. The molecule has 0 fully saturated rings. The van der Waals surface area contributed by atoms with Crippen LogP contribution in [0.4, 0.5) is 0 Å². The third-order valence-corrected chi connectivity index (χ3v) is 2.19. The molecule has 0 bridgehead atoms. The van der Waals surface area contributed by atoms with Crippen LogP contribution in [0.15, 0.2) is 0 Å². The summed E-state index contributed by atoms with van der Waals surface area (Å²) in [5, 5.41) is 2.92. The van der Waals surface area contributed by atoms with Gasteiger partial charge in [-0.25, -0.2) is 0 Å². The number of esters is 1. The predicted molar refractivity (Wildman–Crippen MR) is 62.0 cm³/mol. The van der Waals surface area contributed by atoms with Gasteiger partial charge in [-0.1, -0.05) is 13.8 Å². The van der Waals surface area contributed by atoms with Crippen LogP contribution in [0, 0.1) is 5.92 Å². The molecule has 5 nitrogen and oxygen atoms in total. The first kappa shape index (κ1) is 14.9. The number of ether oxygens (including phenoxy) is 1. The molecule has 0 aliphatic carbocycles. The predicted octanol–water partition coefficient (Wildman–Crippen LogP) is 0.252. The molecule has 0 rings (SSSR count). The Morgan fingerprint density at radius 2 is 1.88 bits per heavy atom. The first-order valence-electron chi connectivity index (χ1n) is 5.39. The van der Waals surface area contributed by atoms with Crippen LogP contribution in [0.25, 0.3) is 0 Å². The molecule has 5 heteroatoms. The maximum absolute atomic E-state index is 11.4. The van der Waals surface area contributed by atoms with E-state index in [1.54, 1.807) is 14.1 Å². The zero-order valence-corrected chi connectivity index (χ0v) is 10.7. The van der Waals surface area contributed by atoms with Gasteiger partial charge in [0.1, 0.15) is 6.04 Å². The van der Waals surface area contributed by atoms with E-state index in [9.17, 15) is 9.59 Å². The lowest BCUT2D eigenvalue weighted by atomic mass is 10.0. The number of carbonyl (C=O) groups is 2. The third-order valence-electron chi connectivity index (χ3n) is 2.19. The van der Waals surface area contributed by atoms with E-state index in [0.29, 0.717) is 12.3 Å². The third kappa shape index (κ3) is 5.70. The van der Waals surface area contributed by atoms with E-state index in [4.69, 9.17) is 0 Å². The first-order valence-corrected chi connectivity index (χ1v) is 5.39.